The summed E-state index contributed by atoms with van der Waals surface area (Å²) in [5, 5.41) is 7.23. The largest absolute Gasteiger partial charge is 0.307 e. The maximum atomic E-state index is 12.3. The number of nitrogens with one attached hydrogen (secondary N) is 1. The van der Waals surface area contributed by atoms with E-state index in [1.807, 2.05) is 24.3 Å². The van der Waals surface area contributed by atoms with Crippen LogP contribution < -0.4 is 5.32 Å². The molecule has 0 saturated carbocycles. The third kappa shape index (κ3) is 3.60. The number of aromatic nitrogens is 3. The second-order valence-electron chi connectivity index (χ2n) is 4.76. The fraction of sp³-hybridized carbons (Fsp3) is 0.0625. The van der Waals surface area contributed by atoms with Gasteiger partial charge in [0.25, 0.3) is 5.91 Å². The van der Waals surface area contributed by atoms with Crippen molar-refractivity contribution in [3.8, 4) is 0 Å². The summed E-state index contributed by atoms with van der Waals surface area (Å²) in [5.74, 6) is 0.266. The Morgan fingerprint density at radius 2 is 2.00 bits per heavy atom. The van der Waals surface area contributed by atoms with E-state index in [9.17, 15) is 4.79 Å². The molecule has 116 valence electrons. The van der Waals surface area contributed by atoms with E-state index in [4.69, 9.17) is 11.6 Å². The van der Waals surface area contributed by atoms with E-state index in [0.717, 1.165) is 10.0 Å². The van der Waals surface area contributed by atoms with Crippen LogP contribution in [0.4, 0.5) is 5.82 Å². The Morgan fingerprint density at radius 1 is 1.17 bits per heavy atom. The SMILES string of the molecule is O=C(Nc1ccnn1Cc1ccccc1Br)c1cccnc1Cl. The summed E-state index contributed by atoms with van der Waals surface area (Å²) in [4.78, 5) is 16.2. The molecule has 3 aromatic rings. The van der Waals surface area contributed by atoms with Gasteiger partial charge in [0.05, 0.1) is 18.3 Å². The second kappa shape index (κ2) is 6.93. The van der Waals surface area contributed by atoms with Crippen molar-refractivity contribution in [2.45, 2.75) is 6.54 Å². The first-order chi connectivity index (χ1) is 11.1. The molecule has 0 bridgehead atoms. The zero-order valence-electron chi connectivity index (χ0n) is 11.9. The van der Waals surface area contributed by atoms with Crippen molar-refractivity contribution in [1.29, 1.82) is 0 Å². The molecule has 1 N–H and O–H groups in total. The number of anilines is 1. The van der Waals surface area contributed by atoms with Crippen LogP contribution in [-0.4, -0.2) is 20.7 Å². The monoisotopic (exact) mass is 390 g/mol. The topological polar surface area (TPSA) is 59.8 Å². The van der Waals surface area contributed by atoms with Crippen LogP contribution in [0.2, 0.25) is 5.15 Å². The number of hydrogen-bond acceptors (Lipinski definition) is 3. The average molecular weight is 392 g/mol. The predicted molar refractivity (Wildman–Crippen MR) is 92.7 cm³/mol. The zero-order valence-corrected chi connectivity index (χ0v) is 14.3. The Kier molecular flexibility index (Phi) is 4.73. The number of nitrogens with zero attached hydrogens (tertiary/aromatic N) is 3. The Bertz CT molecular complexity index is 849. The van der Waals surface area contributed by atoms with Crippen molar-refractivity contribution in [1.82, 2.24) is 14.8 Å². The quantitative estimate of drug-likeness (QED) is 0.684. The van der Waals surface area contributed by atoms with Gasteiger partial charge in [-0.05, 0) is 23.8 Å². The number of amides is 1. The van der Waals surface area contributed by atoms with Gasteiger partial charge in [-0.1, -0.05) is 45.7 Å². The molecule has 0 saturated heterocycles. The minimum atomic E-state index is -0.322. The molecule has 0 atom stereocenters. The first-order valence-corrected chi connectivity index (χ1v) is 7.99. The van der Waals surface area contributed by atoms with Crippen LogP contribution in [0.15, 0.2) is 59.3 Å². The maximum absolute atomic E-state index is 12.3. The number of carbonyl (C=O) groups excluding carboxylic acids is 1. The van der Waals surface area contributed by atoms with Gasteiger partial charge in [-0.15, -0.1) is 0 Å². The van der Waals surface area contributed by atoms with Crippen LogP contribution in [0.25, 0.3) is 0 Å². The zero-order chi connectivity index (χ0) is 16.2. The van der Waals surface area contributed by atoms with Crippen molar-refractivity contribution < 1.29 is 4.79 Å². The molecule has 23 heavy (non-hydrogen) atoms. The third-order valence-electron chi connectivity index (χ3n) is 3.24. The average Bonchev–Trinajstić information content (AvgIpc) is 2.97. The molecule has 0 radical (unpaired) electrons. The summed E-state index contributed by atoms with van der Waals surface area (Å²) in [6.45, 7) is 0.533. The third-order valence-corrected chi connectivity index (χ3v) is 4.31. The summed E-state index contributed by atoms with van der Waals surface area (Å²) in [7, 11) is 0. The lowest BCUT2D eigenvalue weighted by atomic mass is 10.2. The molecule has 0 aliphatic rings. The van der Waals surface area contributed by atoms with E-state index >= 15 is 0 Å². The fourth-order valence-electron chi connectivity index (χ4n) is 2.09. The predicted octanol–water partition coefficient (Wildman–Crippen LogP) is 3.99. The van der Waals surface area contributed by atoms with Gasteiger partial charge < -0.3 is 5.32 Å². The second-order valence-corrected chi connectivity index (χ2v) is 5.97. The Morgan fingerprint density at radius 3 is 2.78 bits per heavy atom. The van der Waals surface area contributed by atoms with Crippen LogP contribution in [0.5, 0.6) is 0 Å². The lowest BCUT2D eigenvalue weighted by molar-refractivity contribution is 0.102. The highest BCUT2D eigenvalue weighted by Crippen LogP contribution is 2.19. The standard InChI is InChI=1S/C16H12BrClN4O/c17-13-6-2-1-4-11(13)10-22-14(7-9-20-22)21-16(23)12-5-3-8-19-15(12)18/h1-9H,10H2,(H,21,23). The van der Waals surface area contributed by atoms with E-state index in [-0.39, 0.29) is 11.1 Å². The molecule has 1 aromatic carbocycles. The van der Waals surface area contributed by atoms with Crippen LogP contribution in [-0.2, 0) is 6.54 Å². The van der Waals surface area contributed by atoms with E-state index in [1.54, 1.807) is 29.1 Å². The molecule has 0 fully saturated rings. The molecular weight excluding hydrogens is 380 g/mol. The lowest BCUT2D eigenvalue weighted by Crippen LogP contribution is -2.17. The lowest BCUT2D eigenvalue weighted by Gasteiger charge is -2.10. The molecular formula is C16H12BrClN4O. The molecule has 0 unspecified atom stereocenters. The molecule has 0 spiro atoms. The molecule has 0 aliphatic heterocycles. The molecule has 3 rings (SSSR count). The van der Waals surface area contributed by atoms with Crippen LogP contribution in [0.3, 0.4) is 0 Å². The van der Waals surface area contributed by atoms with Crippen molar-refractivity contribution in [3.63, 3.8) is 0 Å². The molecule has 1 amide bonds. The summed E-state index contributed by atoms with van der Waals surface area (Å²) in [6, 6.07) is 12.9. The highest BCUT2D eigenvalue weighted by atomic mass is 79.9. The minimum absolute atomic E-state index is 0.168. The van der Waals surface area contributed by atoms with E-state index in [1.165, 1.54) is 6.20 Å². The summed E-state index contributed by atoms with van der Waals surface area (Å²) in [5.41, 5.74) is 1.38. The highest BCUT2D eigenvalue weighted by Gasteiger charge is 2.13. The Balaban J connectivity index is 1.80. The molecule has 2 heterocycles. The van der Waals surface area contributed by atoms with Gasteiger partial charge in [-0.3, -0.25) is 4.79 Å². The van der Waals surface area contributed by atoms with Gasteiger partial charge in [-0.25, -0.2) is 9.67 Å². The van der Waals surface area contributed by atoms with Gasteiger partial charge in [-0.2, -0.15) is 5.10 Å². The van der Waals surface area contributed by atoms with Crippen LogP contribution in [0.1, 0.15) is 15.9 Å². The number of halogens is 2. The maximum Gasteiger partial charge on any atom is 0.259 e. The number of carbonyl (C=O) groups is 1. The Labute approximate surface area is 146 Å². The Hall–Kier alpha value is -2.18. The highest BCUT2D eigenvalue weighted by molar-refractivity contribution is 9.10. The molecule has 0 aliphatic carbocycles. The first-order valence-electron chi connectivity index (χ1n) is 6.82. The normalized spacial score (nSPS) is 10.5. The number of hydrogen-bond donors (Lipinski definition) is 1. The van der Waals surface area contributed by atoms with Crippen LogP contribution >= 0.6 is 27.5 Å². The van der Waals surface area contributed by atoms with Gasteiger partial charge in [0, 0.05) is 16.7 Å². The van der Waals surface area contributed by atoms with E-state index < -0.39 is 0 Å². The van der Waals surface area contributed by atoms with Crippen molar-refractivity contribution in [2.24, 2.45) is 0 Å². The van der Waals surface area contributed by atoms with Gasteiger partial charge in [0.1, 0.15) is 11.0 Å². The first kappa shape index (κ1) is 15.7. The van der Waals surface area contributed by atoms with E-state index in [0.29, 0.717) is 17.9 Å². The molecule has 5 nitrogen and oxygen atoms in total. The summed E-state index contributed by atoms with van der Waals surface area (Å²) in [6.07, 6.45) is 3.17. The van der Waals surface area contributed by atoms with E-state index in [2.05, 4.69) is 31.3 Å². The summed E-state index contributed by atoms with van der Waals surface area (Å²) >= 11 is 9.46. The van der Waals surface area contributed by atoms with Crippen molar-refractivity contribution in [2.75, 3.05) is 5.32 Å². The van der Waals surface area contributed by atoms with Gasteiger partial charge in [0.15, 0.2) is 0 Å². The fourth-order valence-corrected chi connectivity index (χ4v) is 2.71. The van der Waals surface area contributed by atoms with Crippen LogP contribution in [0, 0.1) is 0 Å². The molecule has 2 aromatic heterocycles. The minimum Gasteiger partial charge on any atom is -0.307 e. The van der Waals surface area contributed by atoms with Gasteiger partial charge >= 0.3 is 0 Å². The number of benzene rings is 1. The smallest absolute Gasteiger partial charge is 0.259 e. The van der Waals surface area contributed by atoms with Crippen molar-refractivity contribution in [3.05, 3.63) is 75.6 Å². The van der Waals surface area contributed by atoms with Crippen molar-refractivity contribution >= 4 is 39.3 Å². The molecule has 7 heteroatoms. The summed E-state index contributed by atoms with van der Waals surface area (Å²) < 4.78 is 2.70. The van der Waals surface area contributed by atoms with Gasteiger partial charge in [0.2, 0.25) is 0 Å². The number of pyridine rings is 1. The number of rotatable bonds is 4.